The van der Waals surface area contributed by atoms with E-state index in [-0.39, 0.29) is 10.6 Å². The zero-order chi connectivity index (χ0) is 23.5. The van der Waals surface area contributed by atoms with Crippen LogP contribution >= 0.6 is 0 Å². The molecule has 8 heteroatoms. The lowest BCUT2D eigenvalue weighted by Gasteiger charge is -2.16. The third-order valence-corrected chi connectivity index (χ3v) is 8.77. The maximum Gasteiger partial charge on any atom is 0.297 e. The van der Waals surface area contributed by atoms with Crippen molar-refractivity contribution in [3.05, 3.63) is 95.6 Å². The van der Waals surface area contributed by atoms with E-state index in [0.29, 0.717) is 31.0 Å². The maximum atomic E-state index is 12.7. The van der Waals surface area contributed by atoms with Crippen molar-refractivity contribution in [3.8, 4) is 0 Å². The summed E-state index contributed by atoms with van der Waals surface area (Å²) in [5.74, 6) is -0.0339. The van der Waals surface area contributed by atoms with Gasteiger partial charge in [0.1, 0.15) is 0 Å². The van der Waals surface area contributed by atoms with E-state index in [0.717, 1.165) is 16.7 Å². The van der Waals surface area contributed by atoms with Crippen LogP contribution in [0, 0.1) is 6.92 Å². The Bertz CT molecular complexity index is 1290. The largest absolute Gasteiger partial charge is 0.297 e. The van der Waals surface area contributed by atoms with Crippen molar-refractivity contribution in [2.45, 2.75) is 41.5 Å². The molecule has 3 aromatic carbocycles. The van der Waals surface area contributed by atoms with Crippen molar-refractivity contribution in [3.63, 3.8) is 0 Å². The van der Waals surface area contributed by atoms with E-state index in [1.54, 1.807) is 48.5 Å². The fourth-order valence-corrected chi connectivity index (χ4v) is 6.34. The van der Waals surface area contributed by atoms with Gasteiger partial charge in [-0.3, -0.25) is 9.08 Å². The van der Waals surface area contributed by atoms with Gasteiger partial charge in [-0.2, -0.15) is 8.42 Å². The smallest absolute Gasteiger partial charge is 0.296 e. The number of rotatable bonds is 8. The summed E-state index contributed by atoms with van der Waals surface area (Å²) in [6.07, 6.45) is 0.219. The van der Waals surface area contributed by atoms with E-state index in [9.17, 15) is 16.8 Å². The fraction of sp³-hybridized carbons (Fsp3) is 0.280. The summed E-state index contributed by atoms with van der Waals surface area (Å²) in [5.41, 5.74) is 2.71. The van der Waals surface area contributed by atoms with Crippen molar-refractivity contribution in [2.24, 2.45) is 0 Å². The van der Waals surface area contributed by atoms with E-state index in [1.165, 1.54) is 0 Å². The summed E-state index contributed by atoms with van der Waals surface area (Å²) in [4.78, 5) is 2.57. The molecule has 3 aromatic rings. The Morgan fingerprint density at radius 3 is 2.12 bits per heavy atom. The molecule has 33 heavy (non-hydrogen) atoms. The first kappa shape index (κ1) is 23.6. The Hall–Kier alpha value is -2.52. The van der Waals surface area contributed by atoms with Crippen molar-refractivity contribution in [1.29, 1.82) is 0 Å². The normalized spacial score (nSPS) is 17.3. The first-order valence-electron chi connectivity index (χ1n) is 10.8. The number of sulfone groups is 1. The van der Waals surface area contributed by atoms with E-state index in [4.69, 9.17) is 4.18 Å². The van der Waals surface area contributed by atoms with Crippen molar-refractivity contribution < 1.29 is 21.0 Å². The van der Waals surface area contributed by atoms with Crippen LogP contribution in [0.5, 0.6) is 0 Å². The molecule has 0 spiro atoms. The minimum atomic E-state index is -3.80. The number of benzene rings is 3. The van der Waals surface area contributed by atoms with E-state index < -0.39 is 26.1 Å². The highest BCUT2D eigenvalue weighted by Crippen LogP contribution is 2.23. The molecule has 0 radical (unpaired) electrons. The molecule has 1 fully saturated rings. The summed E-state index contributed by atoms with van der Waals surface area (Å²) < 4.78 is 55.9. The van der Waals surface area contributed by atoms with Crippen LogP contribution in [-0.2, 0) is 36.4 Å². The van der Waals surface area contributed by atoms with Gasteiger partial charge in [0, 0.05) is 19.6 Å². The van der Waals surface area contributed by atoms with Crippen LogP contribution in [0.15, 0.2) is 88.7 Å². The Balaban J connectivity index is 1.34. The second-order valence-electron chi connectivity index (χ2n) is 8.40. The predicted octanol–water partition coefficient (Wildman–Crippen LogP) is 3.95. The minimum absolute atomic E-state index is 0.0339. The summed E-state index contributed by atoms with van der Waals surface area (Å²) in [5, 5.41) is 0. The third-order valence-electron chi connectivity index (χ3n) is 5.69. The molecular formula is C25H27NO5S2. The molecule has 0 bridgehead atoms. The van der Waals surface area contributed by atoms with Crippen LogP contribution in [0.4, 0.5) is 0 Å². The van der Waals surface area contributed by atoms with Gasteiger partial charge in [0.15, 0.2) is 9.84 Å². The van der Waals surface area contributed by atoms with Gasteiger partial charge in [0.2, 0.25) is 0 Å². The quantitative estimate of drug-likeness (QED) is 0.450. The highest BCUT2D eigenvalue weighted by Gasteiger charge is 2.29. The Kier molecular flexibility index (Phi) is 6.99. The molecule has 4 rings (SSSR count). The minimum Gasteiger partial charge on any atom is -0.296 e. The van der Waals surface area contributed by atoms with Gasteiger partial charge in [0.25, 0.3) is 10.1 Å². The molecule has 1 aliphatic rings. The predicted molar refractivity (Wildman–Crippen MR) is 127 cm³/mol. The van der Waals surface area contributed by atoms with Crippen LogP contribution < -0.4 is 0 Å². The highest BCUT2D eigenvalue weighted by atomic mass is 32.2. The molecule has 1 aliphatic heterocycles. The Labute approximate surface area is 195 Å². The van der Waals surface area contributed by atoms with E-state index in [1.807, 2.05) is 37.3 Å². The van der Waals surface area contributed by atoms with Gasteiger partial charge in [0.05, 0.1) is 21.6 Å². The fourth-order valence-electron chi connectivity index (χ4n) is 3.90. The number of aryl methyl sites for hydroxylation is 1. The lowest BCUT2D eigenvalue weighted by molar-refractivity contribution is 0.205. The molecule has 0 unspecified atom stereocenters. The zero-order valence-corrected chi connectivity index (χ0v) is 20.1. The van der Waals surface area contributed by atoms with Crippen molar-refractivity contribution >= 4 is 20.0 Å². The molecular weight excluding hydrogens is 458 g/mol. The van der Waals surface area contributed by atoms with Crippen LogP contribution in [0.2, 0.25) is 0 Å². The summed E-state index contributed by atoms with van der Waals surface area (Å²) >= 11 is 0. The second-order valence-corrected chi connectivity index (χ2v) is 12.0. The molecule has 174 valence electrons. The third kappa shape index (κ3) is 6.09. The summed E-state index contributed by atoms with van der Waals surface area (Å²) in [6, 6.07) is 22.6. The average molecular weight is 486 g/mol. The molecule has 1 heterocycles. The number of hydrogen-bond acceptors (Lipinski definition) is 6. The topological polar surface area (TPSA) is 80.8 Å². The van der Waals surface area contributed by atoms with E-state index in [2.05, 4.69) is 4.90 Å². The molecule has 0 aromatic heterocycles. The van der Waals surface area contributed by atoms with Gasteiger partial charge in [-0.1, -0.05) is 60.2 Å². The standard InChI is InChI=1S/C25H27NO5S2/c1-20-7-11-25(12-8-20)33(29,30)31-23-15-16-26(18-23)17-21-9-13-24(14-10-21)32(27,28)19-22-5-3-2-4-6-22/h2-14,23H,15-19H2,1H3/t23-/m0/s1. The van der Waals surface area contributed by atoms with Gasteiger partial charge in [-0.25, -0.2) is 8.42 Å². The van der Waals surface area contributed by atoms with Crippen LogP contribution in [0.25, 0.3) is 0 Å². The van der Waals surface area contributed by atoms with Gasteiger partial charge in [-0.05, 0) is 48.7 Å². The number of likely N-dealkylation sites (tertiary alicyclic amines) is 1. The first-order chi connectivity index (χ1) is 15.7. The van der Waals surface area contributed by atoms with Crippen LogP contribution in [-0.4, -0.2) is 40.9 Å². The first-order valence-corrected chi connectivity index (χ1v) is 13.9. The lowest BCUT2D eigenvalue weighted by Crippen LogP contribution is -2.25. The zero-order valence-electron chi connectivity index (χ0n) is 18.4. The monoisotopic (exact) mass is 485 g/mol. The second kappa shape index (κ2) is 9.77. The van der Waals surface area contributed by atoms with Crippen LogP contribution in [0.3, 0.4) is 0 Å². The molecule has 0 N–H and O–H groups in total. The number of nitrogens with zero attached hydrogens (tertiary/aromatic N) is 1. The Morgan fingerprint density at radius 2 is 1.45 bits per heavy atom. The number of hydrogen-bond donors (Lipinski definition) is 0. The lowest BCUT2D eigenvalue weighted by atomic mass is 10.2. The summed E-state index contributed by atoms with van der Waals surface area (Å²) in [7, 11) is -7.21. The highest BCUT2D eigenvalue weighted by molar-refractivity contribution is 7.90. The SMILES string of the molecule is Cc1ccc(S(=O)(=O)O[C@H]2CCN(Cc3ccc(S(=O)(=O)Cc4ccccc4)cc3)C2)cc1. The molecule has 0 amide bonds. The van der Waals surface area contributed by atoms with E-state index >= 15 is 0 Å². The van der Waals surface area contributed by atoms with Crippen molar-refractivity contribution in [2.75, 3.05) is 13.1 Å². The average Bonchev–Trinajstić information content (AvgIpc) is 3.21. The van der Waals surface area contributed by atoms with Crippen molar-refractivity contribution in [1.82, 2.24) is 4.90 Å². The van der Waals surface area contributed by atoms with Crippen LogP contribution in [0.1, 0.15) is 23.1 Å². The molecule has 1 saturated heterocycles. The molecule has 0 saturated carbocycles. The molecule has 6 nitrogen and oxygen atoms in total. The molecule has 0 aliphatic carbocycles. The van der Waals surface area contributed by atoms with Gasteiger partial charge < -0.3 is 0 Å². The Morgan fingerprint density at radius 1 is 0.818 bits per heavy atom. The molecule has 1 atom stereocenters. The van der Waals surface area contributed by atoms with Gasteiger partial charge in [-0.15, -0.1) is 0 Å². The summed E-state index contributed by atoms with van der Waals surface area (Å²) in [6.45, 7) is 3.71. The van der Waals surface area contributed by atoms with Gasteiger partial charge >= 0.3 is 0 Å². The maximum absolute atomic E-state index is 12.7.